The average Bonchev–Trinajstić information content (AvgIpc) is 3.12. The van der Waals surface area contributed by atoms with Crippen molar-refractivity contribution >= 4 is 11.7 Å². The Morgan fingerprint density at radius 2 is 2.21 bits per heavy atom. The Balaban J connectivity index is 1.66. The maximum Gasteiger partial charge on any atom is 0.320 e. The topological polar surface area (TPSA) is 63.0 Å². The first-order valence-corrected chi connectivity index (χ1v) is 6.29. The zero-order valence-corrected chi connectivity index (χ0v) is 10.6. The van der Waals surface area contributed by atoms with Gasteiger partial charge in [0.05, 0.1) is 6.54 Å². The number of nitrogens with zero attached hydrogens (tertiary/aromatic N) is 2. The fraction of sp³-hybridized carbons (Fsp3) is 0.385. The van der Waals surface area contributed by atoms with Gasteiger partial charge in [-0.05, 0) is 37.5 Å². The molecule has 0 aliphatic heterocycles. The Morgan fingerprint density at radius 3 is 3.00 bits per heavy atom. The quantitative estimate of drug-likeness (QED) is 0.867. The Morgan fingerprint density at radius 1 is 1.37 bits per heavy atom. The van der Waals surface area contributed by atoms with Crippen LogP contribution in [0.25, 0.3) is 0 Å². The fourth-order valence-corrected chi connectivity index (χ4v) is 1.74. The molecule has 0 saturated heterocycles. The minimum Gasteiger partial charge on any atom is -0.406 e. The molecular formula is C13H15FN4O. The summed E-state index contributed by atoms with van der Waals surface area (Å²) < 4.78 is 18.6. The molecule has 3 rings (SSSR count). The van der Waals surface area contributed by atoms with E-state index in [4.69, 9.17) is 4.42 Å². The molecule has 1 aliphatic carbocycles. The summed E-state index contributed by atoms with van der Waals surface area (Å²) in [6, 6.07) is 5.39. The standard InChI is InChI=1S/C13H15FN4O/c1-8-2-3-9(14)6-11(8)16-13-18-17-12(19-13)7-15-10-4-5-10/h2-3,6,10,15H,4-5,7H2,1H3,(H,16,18). The molecule has 19 heavy (non-hydrogen) atoms. The highest BCUT2D eigenvalue weighted by molar-refractivity contribution is 5.56. The highest BCUT2D eigenvalue weighted by atomic mass is 19.1. The summed E-state index contributed by atoms with van der Waals surface area (Å²) in [4.78, 5) is 0. The van der Waals surface area contributed by atoms with Gasteiger partial charge in [-0.15, -0.1) is 5.10 Å². The minimum absolute atomic E-state index is 0.279. The van der Waals surface area contributed by atoms with E-state index >= 15 is 0 Å². The number of hydrogen-bond acceptors (Lipinski definition) is 5. The predicted octanol–water partition coefficient (Wildman–Crippen LogP) is 2.51. The van der Waals surface area contributed by atoms with Crippen molar-refractivity contribution in [3.8, 4) is 0 Å². The molecule has 1 fully saturated rings. The van der Waals surface area contributed by atoms with Gasteiger partial charge in [0.1, 0.15) is 5.82 Å². The fourth-order valence-electron chi connectivity index (χ4n) is 1.74. The highest BCUT2D eigenvalue weighted by Crippen LogP contribution is 2.22. The monoisotopic (exact) mass is 262 g/mol. The Hall–Kier alpha value is -1.95. The summed E-state index contributed by atoms with van der Waals surface area (Å²) in [7, 11) is 0. The average molecular weight is 262 g/mol. The molecule has 100 valence electrons. The third-order valence-corrected chi connectivity index (χ3v) is 3.03. The molecule has 1 heterocycles. The molecule has 0 spiro atoms. The molecule has 0 amide bonds. The summed E-state index contributed by atoms with van der Waals surface area (Å²) >= 11 is 0. The zero-order chi connectivity index (χ0) is 13.2. The first-order chi connectivity index (χ1) is 9.20. The first-order valence-electron chi connectivity index (χ1n) is 6.29. The van der Waals surface area contributed by atoms with Crippen LogP contribution in [0.1, 0.15) is 24.3 Å². The van der Waals surface area contributed by atoms with E-state index in [1.54, 1.807) is 6.07 Å². The maximum atomic E-state index is 13.2. The predicted molar refractivity (Wildman–Crippen MR) is 68.6 cm³/mol. The molecular weight excluding hydrogens is 247 g/mol. The molecule has 1 aromatic heterocycles. The summed E-state index contributed by atoms with van der Waals surface area (Å²) in [5.41, 5.74) is 1.54. The van der Waals surface area contributed by atoms with Crippen molar-refractivity contribution in [2.24, 2.45) is 0 Å². The first kappa shape index (κ1) is 12.1. The van der Waals surface area contributed by atoms with Gasteiger partial charge in [-0.1, -0.05) is 11.2 Å². The molecule has 5 nitrogen and oxygen atoms in total. The van der Waals surface area contributed by atoms with Crippen molar-refractivity contribution in [3.05, 3.63) is 35.5 Å². The van der Waals surface area contributed by atoms with Gasteiger partial charge >= 0.3 is 6.01 Å². The van der Waals surface area contributed by atoms with Crippen molar-refractivity contribution in [1.82, 2.24) is 15.5 Å². The lowest BCUT2D eigenvalue weighted by Crippen LogP contribution is -2.15. The summed E-state index contributed by atoms with van der Waals surface area (Å²) in [5, 5.41) is 14.0. The second-order valence-electron chi connectivity index (χ2n) is 4.74. The SMILES string of the molecule is Cc1ccc(F)cc1Nc1nnc(CNC2CC2)o1. The van der Waals surface area contributed by atoms with E-state index in [1.807, 2.05) is 6.92 Å². The normalized spacial score (nSPS) is 14.6. The molecule has 1 saturated carbocycles. The highest BCUT2D eigenvalue weighted by Gasteiger charge is 2.21. The van der Waals surface area contributed by atoms with Crippen LogP contribution in [-0.2, 0) is 6.54 Å². The van der Waals surface area contributed by atoms with Crippen LogP contribution in [0.15, 0.2) is 22.6 Å². The van der Waals surface area contributed by atoms with Gasteiger partial charge < -0.3 is 15.1 Å². The maximum absolute atomic E-state index is 13.2. The lowest BCUT2D eigenvalue weighted by molar-refractivity contribution is 0.478. The van der Waals surface area contributed by atoms with Crippen molar-refractivity contribution in [3.63, 3.8) is 0 Å². The number of rotatable bonds is 5. The number of anilines is 2. The third kappa shape index (κ3) is 3.08. The molecule has 0 atom stereocenters. The van der Waals surface area contributed by atoms with E-state index in [0.29, 0.717) is 24.2 Å². The number of hydrogen-bond donors (Lipinski definition) is 2. The molecule has 2 aromatic rings. The lowest BCUT2D eigenvalue weighted by atomic mass is 10.2. The van der Waals surface area contributed by atoms with E-state index < -0.39 is 0 Å². The van der Waals surface area contributed by atoms with Crippen LogP contribution in [0, 0.1) is 12.7 Å². The van der Waals surface area contributed by atoms with Crippen LogP contribution < -0.4 is 10.6 Å². The van der Waals surface area contributed by atoms with E-state index in [9.17, 15) is 4.39 Å². The summed E-state index contributed by atoms with van der Waals surface area (Å²) in [6.45, 7) is 2.45. The van der Waals surface area contributed by atoms with Crippen molar-refractivity contribution in [2.45, 2.75) is 32.4 Å². The van der Waals surface area contributed by atoms with E-state index in [0.717, 1.165) is 5.56 Å². The Labute approximate surface area is 110 Å². The molecule has 2 N–H and O–H groups in total. The van der Waals surface area contributed by atoms with Crippen molar-refractivity contribution in [2.75, 3.05) is 5.32 Å². The smallest absolute Gasteiger partial charge is 0.320 e. The van der Waals surface area contributed by atoms with Gasteiger partial charge in [0.15, 0.2) is 0 Å². The van der Waals surface area contributed by atoms with E-state index in [-0.39, 0.29) is 11.8 Å². The second kappa shape index (κ2) is 4.97. The number of nitrogens with one attached hydrogen (secondary N) is 2. The minimum atomic E-state index is -0.303. The molecule has 1 aliphatic rings. The van der Waals surface area contributed by atoms with E-state index in [2.05, 4.69) is 20.8 Å². The number of aromatic nitrogens is 2. The number of aryl methyl sites for hydroxylation is 1. The Kier molecular flexibility index (Phi) is 3.16. The third-order valence-electron chi connectivity index (χ3n) is 3.03. The molecule has 0 radical (unpaired) electrons. The van der Waals surface area contributed by atoms with Gasteiger partial charge in [-0.2, -0.15) is 0 Å². The summed E-state index contributed by atoms with van der Waals surface area (Å²) in [6.07, 6.45) is 2.42. The van der Waals surface area contributed by atoms with Gasteiger partial charge in [0.25, 0.3) is 0 Å². The largest absolute Gasteiger partial charge is 0.406 e. The van der Waals surface area contributed by atoms with Crippen LogP contribution in [0.3, 0.4) is 0 Å². The van der Waals surface area contributed by atoms with Gasteiger partial charge in [-0.3, -0.25) is 0 Å². The number of halogens is 1. The van der Waals surface area contributed by atoms with Gasteiger partial charge in [0.2, 0.25) is 5.89 Å². The van der Waals surface area contributed by atoms with Crippen LogP contribution in [-0.4, -0.2) is 16.2 Å². The number of benzene rings is 1. The van der Waals surface area contributed by atoms with Crippen LogP contribution in [0.4, 0.5) is 16.1 Å². The molecule has 0 bridgehead atoms. The molecule has 6 heteroatoms. The van der Waals surface area contributed by atoms with Crippen molar-refractivity contribution < 1.29 is 8.81 Å². The van der Waals surface area contributed by atoms with Crippen LogP contribution in [0.2, 0.25) is 0 Å². The second-order valence-corrected chi connectivity index (χ2v) is 4.74. The summed E-state index contributed by atoms with van der Waals surface area (Å²) in [5.74, 6) is 0.228. The van der Waals surface area contributed by atoms with Gasteiger partial charge in [-0.25, -0.2) is 4.39 Å². The zero-order valence-electron chi connectivity index (χ0n) is 10.6. The van der Waals surface area contributed by atoms with Gasteiger partial charge in [0, 0.05) is 11.7 Å². The molecule has 1 aromatic carbocycles. The Bertz CT molecular complexity index is 580. The van der Waals surface area contributed by atoms with Crippen molar-refractivity contribution in [1.29, 1.82) is 0 Å². The van der Waals surface area contributed by atoms with E-state index in [1.165, 1.54) is 25.0 Å². The lowest BCUT2D eigenvalue weighted by Gasteiger charge is -2.05. The van der Waals surface area contributed by atoms with Crippen LogP contribution in [0.5, 0.6) is 0 Å². The molecule has 0 unspecified atom stereocenters. The van der Waals surface area contributed by atoms with Crippen LogP contribution >= 0.6 is 0 Å².